The number of hydrogen-bond acceptors (Lipinski definition) is 1. The van der Waals surface area contributed by atoms with Crippen molar-refractivity contribution in [1.82, 2.24) is 5.32 Å². The molecule has 1 heterocycles. The van der Waals surface area contributed by atoms with E-state index in [1.165, 1.54) is 17.2 Å². The van der Waals surface area contributed by atoms with Gasteiger partial charge < -0.3 is 5.32 Å². The number of nitrogens with one attached hydrogen (secondary N) is 1. The molecule has 0 spiro atoms. The topological polar surface area (TPSA) is 12.0 Å². The first-order valence-electron chi connectivity index (χ1n) is 7.19. The van der Waals surface area contributed by atoms with Crippen LogP contribution in [0.25, 0.3) is 10.8 Å². The molecule has 0 aliphatic carbocycles. The summed E-state index contributed by atoms with van der Waals surface area (Å²) in [7, 11) is 0. The summed E-state index contributed by atoms with van der Waals surface area (Å²) in [5, 5.41) is 5.69. The third kappa shape index (κ3) is 2.79. The summed E-state index contributed by atoms with van der Waals surface area (Å²) in [5.74, 6) is 0. The molecule has 2 aromatic rings. The van der Waals surface area contributed by atoms with E-state index in [4.69, 9.17) is 0 Å². The van der Waals surface area contributed by atoms with Crippen LogP contribution in [0.15, 0.2) is 42.5 Å². The molecular weight excluding hydrogens is 237 g/mol. The van der Waals surface area contributed by atoms with Gasteiger partial charge in [0.15, 0.2) is 0 Å². The molecule has 1 saturated heterocycles. The average molecular weight is 257 g/mol. The quantitative estimate of drug-likeness (QED) is 0.880. The lowest BCUT2D eigenvalue weighted by Gasteiger charge is -2.26. The summed E-state index contributed by atoms with van der Waals surface area (Å²) < 4.78 is 14.4. The van der Waals surface area contributed by atoms with Gasteiger partial charge in [0.1, 0.15) is 6.17 Å². The molecule has 0 aromatic heterocycles. The first-order valence-corrected chi connectivity index (χ1v) is 7.19. The molecule has 1 N–H and O–H groups in total. The van der Waals surface area contributed by atoms with Gasteiger partial charge in [0.05, 0.1) is 0 Å². The van der Waals surface area contributed by atoms with Gasteiger partial charge in [-0.1, -0.05) is 48.9 Å². The minimum absolute atomic E-state index is 0.0349. The van der Waals surface area contributed by atoms with E-state index in [9.17, 15) is 4.39 Å². The first-order chi connectivity index (χ1) is 9.34. The number of alkyl halides is 1. The normalized spacial score (nSPS) is 21.4. The fourth-order valence-electron chi connectivity index (χ4n) is 3.01. The van der Waals surface area contributed by atoms with Gasteiger partial charge in [0.2, 0.25) is 0 Å². The number of fused-ring (bicyclic) bond motifs is 1. The number of halogens is 1. The molecule has 0 radical (unpaired) electrons. The van der Waals surface area contributed by atoms with Crippen molar-refractivity contribution in [2.75, 3.05) is 6.54 Å². The Morgan fingerprint density at radius 2 is 1.95 bits per heavy atom. The molecular formula is C17H20FN. The van der Waals surface area contributed by atoms with Crippen LogP contribution in [0.1, 0.15) is 24.8 Å². The highest BCUT2D eigenvalue weighted by molar-refractivity contribution is 5.85. The van der Waals surface area contributed by atoms with Crippen molar-refractivity contribution in [1.29, 1.82) is 0 Å². The van der Waals surface area contributed by atoms with E-state index in [0.29, 0.717) is 6.42 Å². The molecule has 2 atom stereocenters. The monoisotopic (exact) mass is 257 g/mol. The second-order valence-electron chi connectivity index (χ2n) is 5.41. The van der Waals surface area contributed by atoms with Crippen molar-refractivity contribution in [2.24, 2.45) is 0 Å². The Morgan fingerprint density at radius 1 is 1.11 bits per heavy atom. The smallest absolute Gasteiger partial charge is 0.119 e. The molecule has 1 nitrogen and oxygen atoms in total. The van der Waals surface area contributed by atoms with E-state index in [0.717, 1.165) is 24.9 Å². The van der Waals surface area contributed by atoms with Crippen LogP contribution >= 0.6 is 0 Å². The van der Waals surface area contributed by atoms with Gasteiger partial charge in [-0.25, -0.2) is 4.39 Å². The molecule has 2 unspecified atom stereocenters. The number of benzene rings is 2. The number of hydrogen-bond donors (Lipinski definition) is 1. The second kappa shape index (κ2) is 5.70. The standard InChI is InChI=1S/C17H20FN/c18-16(17-10-3-4-11-19-17)12-14-8-5-7-13-6-1-2-9-15(13)14/h1-2,5-9,16-17,19H,3-4,10-12H2. The van der Waals surface area contributed by atoms with E-state index < -0.39 is 6.17 Å². The van der Waals surface area contributed by atoms with Gasteiger partial charge in [-0.05, 0) is 35.7 Å². The Kier molecular flexibility index (Phi) is 3.79. The van der Waals surface area contributed by atoms with Crippen LogP contribution < -0.4 is 5.32 Å². The van der Waals surface area contributed by atoms with Crippen LogP contribution in [0, 0.1) is 0 Å². The van der Waals surface area contributed by atoms with Gasteiger partial charge in [-0.2, -0.15) is 0 Å². The van der Waals surface area contributed by atoms with Crippen LogP contribution in [-0.4, -0.2) is 18.8 Å². The summed E-state index contributed by atoms with van der Waals surface area (Å²) in [6.45, 7) is 0.959. The van der Waals surface area contributed by atoms with Gasteiger partial charge in [-0.3, -0.25) is 0 Å². The van der Waals surface area contributed by atoms with E-state index in [2.05, 4.69) is 29.6 Å². The van der Waals surface area contributed by atoms with Crippen LogP contribution in [0.4, 0.5) is 4.39 Å². The minimum Gasteiger partial charge on any atom is -0.311 e. The van der Waals surface area contributed by atoms with E-state index in [1.54, 1.807) is 0 Å². The minimum atomic E-state index is -0.786. The molecule has 0 amide bonds. The fourth-order valence-corrected chi connectivity index (χ4v) is 3.01. The molecule has 2 heteroatoms. The summed E-state index contributed by atoms with van der Waals surface area (Å²) in [6, 6.07) is 14.4. The third-order valence-electron chi connectivity index (χ3n) is 4.08. The molecule has 0 saturated carbocycles. The van der Waals surface area contributed by atoms with Crippen LogP contribution in [-0.2, 0) is 6.42 Å². The molecule has 0 bridgehead atoms. The summed E-state index contributed by atoms with van der Waals surface area (Å²) in [6.07, 6.45) is 3.02. The van der Waals surface area contributed by atoms with Crippen molar-refractivity contribution >= 4 is 10.8 Å². The lowest BCUT2D eigenvalue weighted by atomic mass is 9.94. The largest absolute Gasteiger partial charge is 0.311 e. The van der Waals surface area contributed by atoms with Crippen molar-refractivity contribution in [2.45, 2.75) is 37.9 Å². The van der Waals surface area contributed by atoms with Crippen LogP contribution in [0.2, 0.25) is 0 Å². The van der Waals surface area contributed by atoms with Crippen molar-refractivity contribution in [3.8, 4) is 0 Å². The maximum atomic E-state index is 14.4. The molecule has 1 aliphatic heterocycles. The summed E-state index contributed by atoms with van der Waals surface area (Å²) in [5.41, 5.74) is 1.12. The molecule has 2 aromatic carbocycles. The van der Waals surface area contributed by atoms with E-state index >= 15 is 0 Å². The van der Waals surface area contributed by atoms with Crippen molar-refractivity contribution in [3.05, 3.63) is 48.0 Å². The summed E-state index contributed by atoms with van der Waals surface area (Å²) in [4.78, 5) is 0. The predicted octanol–water partition coefficient (Wildman–Crippen LogP) is 3.86. The van der Waals surface area contributed by atoms with Crippen molar-refractivity contribution in [3.63, 3.8) is 0 Å². The number of piperidine rings is 1. The van der Waals surface area contributed by atoms with Crippen molar-refractivity contribution < 1.29 is 4.39 Å². The van der Waals surface area contributed by atoms with Gasteiger partial charge in [-0.15, -0.1) is 0 Å². The maximum absolute atomic E-state index is 14.4. The van der Waals surface area contributed by atoms with Crippen LogP contribution in [0.3, 0.4) is 0 Å². The number of rotatable bonds is 3. The second-order valence-corrected chi connectivity index (χ2v) is 5.41. The highest BCUT2D eigenvalue weighted by Crippen LogP contribution is 2.23. The van der Waals surface area contributed by atoms with Gasteiger partial charge in [0, 0.05) is 12.5 Å². The lowest BCUT2D eigenvalue weighted by molar-refractivity contribution is 0.217. The third-order valence-corrected chi connectivity index (χ3v) is 4.08. The highest BCUT2D eigenvalue weighted by Gasteiger charge is 2.23. The molecule has 100 valence electrons. The van der Waals surface area contributed by atoms with E-state index in [1.807, 2.05) is 18.2 Å². The van der Waals surface area contributed by atoms with Gasteiger partial charge >= 0.3 is 0 Å². The predicted molar refractivity (Wildman–Crippen MR) is 78.2 cm³/mol. The Labute approximate surface area is 113 Å². The fraction of sp³-hybridized carbons (Fsp3) is 0.412. The lowest BCUT2D eigenvalue weighted by Crippen LogP contribution is -2.42. The zero-order valence-corrected chi connectivity index (χ0v) is 11.1. The molecule has 1 fully saturated rings. The van der Waals surface area contributed by atoms with Crippen LogP contribution in [0.5, 0.6) is 0 Å². The molecule has 3 rings (SSSR count). The maximum Gasteiger partial charge on any atom is 0.119 e. The molecule has 1 aliphatic rings. The Bertz CT molecular complexity index is 540. The summed E-state index contributed by atoms with van der Waals surface area (Å²) >= 11 is 0. The van der Waals surface area contributed by atoms with E-state index in [-0.39, 0.29) is 6.04 Å². The first kappa shape index (κ1) is 12.6. The zero-order chi connectivity index (χ0) is 13.1. The SMILES string of the molecule is FC(Cc1cccc2ccccc12)C1CCCCN1. The average Bonchev–Trinajstić information content (AvgIpc) is 2.48. The Hall–Kier alpha value is -1.41. The Morgan fingerprint density at radius 3 is 2.79 bits per heavy atom. The highest BCUT2D eigenvalue weighted by atomic mass is 19.1. The Balaban J connectivity index is 1.80. The molecule has 19 heavy (non-hydrogen) atoms. The van der Waals surface area contributed by atoms with Gasteiger partial charge in [0.25, 0.3) is 0 Å². The zero-order valence-electron chi connectivity index (χ0n) is 11.1.